The van der Waals surface area contributed by atoms with Gasteiger partial charge in [-0.15, -0.1) is 0 Å². The Morgan fingerprint density at radius 1 is 1.37 bits per heavy atom. The minimum Gasteiger partial charge on any atom is -0.396 e. The first-order valence-corrected chi connectivity index (χ1v) is 6.24. The lowest BCUT2D eigenvalue weighted by atomic mass is 9.89. The van der Waals surface area contributed by atoms with E-state index in [-0.39, 0.29) is 30.7 Å². The van der Waals surface area contributed by atoms with Crippen LogP contribution >= 0.6 is 0 Å². The monoisotopic (exact) mass is 264 g/mol. The first kappa shape index (κ1) is 12.3. The van der Waals surface area contributed by atoms with Gasteiger partial charge < -0.3 is 20.2 Å². The molecule has 2 atom stereocenters. The van der Waals surface area contributed by atoms with Gasteiger partial charge in [0, 0.05) is 43.4 Å². The molecule has 102 valence electrons. The lowest BCUT2D eigenvalue weighted by Gasteiger charge is -2.46. The largest absolute Gasteiger partial charge is 0.396 e. The van der Waals surface area contributed by atoms with Crippen LogP contribution in [-0.2, 0) is 6.54 Å². The summed E-state index contributed by atoms with van der Waals surface area (Å²) in [5.41, 5.74) is 1.87. The van der Waals surface area contributed by atoms with Crippen LogP contribution in [0, 0.1) is 5.92 Å². The average molecular weight is 264 g/mol. The highest BCUT2D eigenvalue weighted by molar-refractivity contribution is 5.77. The molecule has 0 amide bonds. The topological polar surface area (TPSA) is 105 Å². The highest BCUT2D eigenvalue weighted by Crippen LogP contribution is 2.27. The number of hydrogen-bond donors (Lipinski definition) is 4. The van der Waals surface area contributed by atoms with E-state index in [4.69, 9.17) is 5.11 Å². The van der Waals surface area contributed by atoms with Gasteiger partial charge in [0.05, 0.1) is 18.5 Å². The fraction of sp³-hybridized carbons (Fsp3) is 0.500. The van der Waals surface area contributed by atoms with Crippen molar-refractivity contribution >= 4 is 11.0 Å². The molecule has 1 saturated heterocycles. The molecule has 0 spiro atoms. The Morgan fingerprint density at radius 2 is 2.21 bits per heavy atom. The summed E-state index contributed by atoms with van der Waals surface area (Å²) in [5, 5.41) is 18.5. The summed E-state index contributed by atoms with van der Waals surface area (Å²) >= 11 is 0. The maximum Gasteiger partial charge on any atom is 0.275 e. The number of nitrogens with zero attached hydrogens (tertiary/aromatic N) is 2. The maximum atomic E-state index is 11.6. The van der Waals surface area contributed by atoms with Gasteiger partial charge in [-0.2, -0.15) is 0 Å². The number of rotatable bonds is 4. The zero-order valence-electron chi connectivity index (χ0n) is 10.3. The lowest BCUT2D eigenvalue weighted by Crippen LogP contribution is -2.58. The van der Waals surface area contributed by atoms with E-state index in [0.29, 0.717) is 17.6 Å². The number of aliphatic hydroxyl groups is 2. The number of H-pyrrole nitrogens is 2. The molecule has 3 rings (SSSR count). The average Bonchev–Trinajstić information content (AvgIpc) is 2.79. The number of likely N-dealkylation sites (tertiary alicyclic amines) is 1. The second kappa shape index (κ2) is 4.76. The van der Waals surface area contributed by atoms with Gasteiger partial charge in [0.1, 0.15) is 5.52 Å². The van der Waals surface area contributed by atoms with Crippen LogP contribution in [0.25, 0.3) is 11.0 Å². The molecule has 1 aliphatic heterocycles. The van der Waals surface area contributed by atoms with Crippen LogP contribution < -0.4 is 5.56 Å². The predicted octanol–water partition coefficient (Wildman–Crippen LogP) is -0.964. The molecule has 1 fully saturated rings. The van der Waals surface area contributed by atoms with Crippen LogP contribution in [0.1, 0.15) is 5.56 Å². The SMILES string of the molecule is O=c1[nH]cnc2c(CN3C[C@H](CO)[C@H]3CO)c[nH]c12. The quantitative estimate of drug-likeness (QED) is 0.569. The second-order valence-electron chi connectivity index (χ2n) is 4.89. The summed E-state index contributed by atoms with van der Waals surface area (Å²) in [7, 11) is 0. The molecule has 1 aliphatic rings. The molecule has 2 aromatic heterocycles. The Balaban J connectivity index is 1.83. The number of aliphatic hydroxyl groups excluding tert-OH is 2. The van der Waals surface area contributed by atoms with E-state index in [1.165, 1.54) is 6.33 Å². The Labute approximate surface area is 108 Å². The van der Waals surface area contributed by atoms with E-state index in [9.17, 15) is 9.90 Å². The Bertz CT molecular complexity index is 635. The van der Waals surface area contributed by atoms with Gasteiger partial charge in [-0.05, 0) is 0 Å². The van der Waals surface area contributed by atoms with Crippen LogP contribution in [0.2, 0.25) is 0 Å². The van der Waals surface area contributed by atoms with Crippen molar-refractivity contribution in [1.29, 1.82) is 0 Å². The van der Waals surface area contributed by atoms with Crippen LogP contribution in [0.4, 0.5) is 0 Å². The molecule has 0 radical (unpaired) electrons. The third kappa shape index (κ3) is 1.95. The van der Waals surface area contributed by atoms with E-state index in [2.05, 4.69) is 19.9 Å². The van der Waals surface area contributed by atoms with Gasteiger partial charge in [-0.3, -0.25) is 9.69 Å². The smallest absolute Gasteiger partial charge is 0.275 e. The first-order valence-electron chi connectivity index (χ1n) is 6.24. The highest BCUT2D eigenvalue weighted by atomic mass is 16.3. The zero-order valence-corrected chi connectivity index (χ0v) is 10.3. The molecular formula is C12H16N4O3. The fourth-order valence-corrected chi connectivity index (χ4v) is 2.69. The molecule has 0 aromatic carbocycles. The zero-order chi connectivity index (χ0) is 13.4. The molecule has 4 N–H and O–H groups in total. The predicted molar refractivity (Wildman–Crippen MR) is 68.6 cm³/mol. The minimum atomic E-state index is -0.188. The van der Waals surface area contributed by atoms with Crippen molar-refractivity contribution in [1.82, 2.24) is 19.9 Å². The molecule has 7 nitrogen and oxygen atoms in total. The summed E-state index contributed by atoms with van der Waals surface area (Å²) in [6, 6.07) is -0.0167. The van der Waals surface area contributed by atoms with Crippen molar-refractivity contribution in [3.8, 4) is 0 Å². The second-order valence-corrected chi connectivity index (χ2v) is 4.89. The van der Waals surface area contributed by atoms with E-state index in [1.54, 1.807) is 6.20 Å². The summed E-state index contributed by atoms with van der Waals surface area (Å²) < 4.78 is 0. The number of aromatic amines is 2. The first-order chi connectivity index (χ1) is 9.24. The van der Waals surface area contributed by atoms with E-state index < -0.39 is 0 Å². The van der Waals surface area contributed by atoms with Gasteiger partial charge in [0.25, 0.3) is 5.56 Å². The van der Waals surface area contributed by atoms with Crippen molar-refractivity contribution in [3.63, 3.8) is 0 Å². The van der Waals surface area contributed by atoms with Gasteiger partial charge in [-0.1, -0.05) is 0 Å². The van der Waals surface area contributed by atoms with Gasteiger partial charge in [0.2, 0.25) is 0 Å². The van der Waals surface area contributed by atoms with Gasteiger partial charge >= 0.3 is 0 Å². The Morgan fingerprint density at radius 3 is 2.95 bits per heavy atom. The number of nitrogens with one attached hydrogen (secondary N) is 2. The molecule has 3 heterocycles. The minimum absolute atomic E-state index is 0.0167. The van der Waals surface area contributed by atoms with Crippen molar-refractivity contribution in [3.05, 3.63) is 28.4 Å². The van der Waals surface area contributed by atoms with Crippen LogP contribution in [-0.4, -0.2) is 55.9 Å². The van der Waals surface area contributed by atoms with Crippen molar-refractivity contribution in [2.24, 2.45) is 5.92 Å². The van der Waals surface area contributed by atoms with E-state index in [0.717, 1.165) is 12.1 Å². The van der Waals surface area contributed by atoms with Crippen molar-refractivity contribution in [2.45, 2.75) is 12.6 Å². The lowest BCUT2D eigenvalue weighted by molar-refractivity contribution is -0.0493. The number of aromatic nitrogens is 3. The molecule has 0 bridgehead atoms. The van der Waals surface area contributed by atoms with Crippen LogP contribution in [0.5, 0.6) is 0 Å². The molecule has 0 saturated carbocycles. The Kier molecular flexibility index (Phi) is 3.09. The van der Waals surface area contributed by atoms with Crippen molar-refractivity contribution < 1.29 is 10.2 Å². The molecule has 0 unspecified atom stereocenters. The van der Waals surface area contributed by atoms with Gasteiger partial charge in [-0.25, -0.2) is 4.98 Å². The van der Waals surface area contributed by atoms with E-state index in [1.807, 2.05) is 0 Å². The number of fused-ring (bicyclic) bond motifs is 1. The summed E-state index contributed by atoms with van der Waals surface area (Å²) in [5.74, 6) is 0.131. The molecule has 2 aromatic rings. The Hall–Kier alpha value is -1.70. The third-order valence-corrected chi connectivity index (χ3v) is 3.83. The molecular weight excluding hydrogens is 248 g/mol. The van der Waals surface area contributed by atoms with E-state index >= 15 is 0 Å². The van der Waals surface area contributed by atoms with Crippen molar-refractivity contribution in [2.75, 3.05) is 19.8 Å². The number of hydrogen-bond acceptors (Lipinski definition) is 5. The normalized spacial score (nSPS) is 23.7. The van der Waals surface area contributed by atoms with Crippen LogP contribution in [0.3, 0.4) is 0 Å². The summed E-state index contributed by atoms with van der Waals surface area (Å²) in [6.07, 6.45) is 3.16. The maximum absolute atomic E-state index is 11.6. The summed E-state index contributed by atoms with van der Waals surface area (Å²) in [6.45, 7) is 1.48. The standard InChI is InChI=1S/C12H16N4O3/c17-4-8-3-16(9(8)5-18)2-7-1-13-11-10(7)14-6-15-12(11)19/h1,6,8-9,13,17-18H,2-5H2,(H,14,15,19)/t8-,9-/m1/s1. The molecule has 7 heteroatoms. The summed E-state index contributed by atoms with van der Waals surface area (Å²) in [4.78, 5) is 23.3. The molecule has 0 aliphatic carbocycles. The fourth-order valence-electron chi connectivity index (χ4n) is 2.69. The third-order valence-electron chi connectivity index (χ3n) is 3.83. The molecule has 19 heavy (non-hydrogen) atoms. The van der Waals surface area contributed by atoms with Gasteiger partial charge in [0.15, 0.2) is 0 Å². The van der Waals surface area contributed by atoms with Crippen LogP contribution in [0.15, 0.2) is 17.3 Å². The highest BCUT2D eigenvalue weighted by Gasteiger charge is 2.37.